The molecular weight excluding hydrogens is 761 g/mol. The number of ketones is 1. The normalized spacial score (nSPS) is 18.0. The minimum Gasteiger partial charge on any atom is -0.445 e. The van der Waals surface area contributed by atoms with Crippen LogP contribution in [0.3, 0.4) is 0 Å². The molecule has 4 N–H and O–H groups in total. The molecule has 4 aromatic rings. The van der Waals surface area contributed by atoms with Gasteiger partial charge in [0.25, 0.3) is 11.8 Å². The number of Topliss-reactive ketones (excluding diaryl/α,β-unsaturated/α-hetero) is 1. The van der Waals surface area contributed by atoms with E-state index in [-0.39, 0.29) is 37.4 Å². The molecule has 2 aliphatic heterocycles. The molecule has 3 aromatic carbocycles. The fraction of sp³-hybridized carbons (Fsp3) is 0.415. The Bertz CT molecular complexity index is 2020. The van der Waals surface area contributed by atoms with Crippen LogP contribution in [0.1, 0.15) is 78.4 Å². The van der Waals surface area contributed by atoms with Gasteiger partial charge in [0.1, 0.15) is 30.3 Å². The van der Waals surface area contributed by atoms with Gasteiger partial charge < -0.3 is 40.1 Å². The zero-order valence-electron chi connectivity index (χ0n) is 31.6. The van der Waals surface area contributed by atoms with E-state index in [4.69, 9.17) is 19.6 Å². The number of halogens is 3. The fourth-order valence-electron chi connectivity index (χ4n) is 7.03. The Labute approximate surface area is 332 Å². The fourth-order valence-corrected chi connectivity index (χ4v) is 7.03. The number of carbonyl (C=O) groups excluding carboxylic acids is 5. The number of nitrogens with zero attached hydrogens (tertiary/aromatic N) is 3. The second-order valence-electron chi connectivity index (χ2n) is 14.3. The molecule has 308 valence electrons. The summed E-state index contributed by atoms with van der Waals surface area (Å²) in [4.78, 5) is 76.1. The first kappa shape index (κ1) is 41.7. The van der Waals surface area contributed by atoms with Crippen molar-refractivity contribution in [1.82, 2.24) is 25.4 Å². The molecule has 0 spiro atoms. The number of fused-ring (bicyclic) bond motifs is 1. The number of benzene rings is 3. The van der Waals surface area contributed by atoms with E-state index in [1.165, 1.54) is 0 Å². The second kappa shape index (κ2) is 19.0. The van der Waals surface area contributed by atoms with Crippen LogP contribution in [0.25, 0.3) is 11.1 Å². The third-order valence-corrected chi connectivity index (χ3v) is 10.1. The van der Waals surface area contributed by atoms with Crippen LogP contribution in [0.5, 0.6) is 0 Å². The number of alkyl carbamates (subject to hydrolysis) is 1. The van der Waals surface area contributed by atoms with Crippen molar-refractivity contribution in [3.05, 3.63) is 101 Å². The topological polar surface area (TPSA) is 186 Å². The van der Waals surface area contributed by atoms with E-state index in [2.05, 4.69) is 15.6 Å². The number of amides is 4. The van der Waals surface area contributed by atoms with Crippen molar-refractivity contribution in [2.75, 3.05) is 26.2 Å². The number of aromatic nitrogens is 1. The van der Waals surface area contributed by atoms with Gasteiger partial charge in [-0.1, -0.05) is 54.6 Å². The van der Waals surface area contributed by atoms with E-state index >= 15 is 0 Å². The maximum Gasteiger partial charge on any atom is 0.416 e. The average molecular weight is 807 g/mol. The number of ether oxygens (including phenoxy) is 2. The Hall–Kier alpha value is -5.97. The van der Waals surface area contributed by atoms with Gasteiger partial charge in [-0.05, 0) is 80.5 Å². The summed E-state index contributed by atoms with van der Waals surface area (Å²) < 4.78 is 57.5. The highest BCUT2D eigenvalue weighted by Gasteiger charge is 2.45. The van der Waals surface area contributed by atoms with Gasteiger partial charge in [-0.3, -0.25) is 14.4 Å². The summed E-state index contributed by atoms with van der Waals surface area (Å²) in [7, 11) is 0. The molecule has 0 radical (unpaired) electrons. The van der Waals surface area contributed by atoms with Gasteiger partial charge in [-0.15, -0.1) is 0 Å². The molecule has 4 amide bonds. The number of piperidine rings is 1. The highest BCUT2D eigenvalue weighted by atomic mass is 19.4. The van der Waals surface area contributed by atoms with Crippen LogP contribution in [0.15, 0.2) is 83.3 Å². The van der Waals surface area contributed by atoms with Crippen LogP contribution in [-0.4, -0.2) is 88.9 Å². The summed E-state index contributed by atoms with van der Waals surface area (Å²) in [5.74, 6) is -2.51. The molecule has 58 heavy (non-hydrogen) atoms. The number of para-hydroxylation sites is 2. The monoisotopic (exact) mass is 806 g/mol. The molecule has 2 saturated heterocycles. The Morgan fingerprint density at radius 2 is 1.60 bits per heavy atom. The summed E-state index contributed by atoms with van der Waals surface area (Å²) >= 11 is 0. The minimum absolute atomic E-state index is 0.0339. The Morgan fingerprint density at radius 3 is 2.29 bits per heavy atom. The smallest absolute Gasteiger partial charge is 0.416 e. The summed E-state index contributed by atoms with van der Waals surface area (Å²) in [5.41, 5.74) is 6.14. The van der Waals surface area contributed by atoms with Gasteiger partial charge in [-0.2, -0.15) is 13.2 Å². The lowest BCUT2D eigenvalue weighted by atomic mass is 10.0. The minimum atomic E-state index is -4.68. The number of hydrogen-bond donors (Lipinski definition) is 3. The Morgan fingerprint density at radius 1 is 0.897 bits per heavy atom. The standard InChI is InChI=1S/C41H45F3N6O8/c42-41(43,44)28-18-16-27(17-19-28)34(48-39(54)56-25-26-11-3-1-4-12-26)38(53)50-24-29(57-40(55)49-21-9-2-10-22-49)23-32(50)36(52)46-31(14-7-8-20-45)35(51)37-47-30-13-5-6-15-33(30)58-37/h1,3-6,11-13,15-19,29,31-32,34H,2,7-10,14,20-25,45H2,(H,46,52)(H,48,54)/t29-,31+,32+,34?/m1/s1. The molecule has 14 nitrogen and oxygen atoms in total. The van der Waals surface area contributed by atoms with Crippen molar-refractivity contribution >= 4 is 40.9 Å². The first-order valence-electron chi connectivity index (χ1n) is 19.2. The zero-order valence-corrected chi connectivity index (χ0v) is 31.6. The first-order chi connectivity index (χ1) is 27.9. The lowest BCUT2D eigenvalue weighted by Crippen LogP contribution is -2.53. The molecule has 2 fully saturated rings. The van der Waals surface area contributed by atoms with Gasteiger partial charge in [0.2, 0.25) is 11.7 Å². The van der Waals surface area contributed by atoms with Crippen molar-refractivity contribution in [3.63, 3.8) is 0 Å². The summed E-state index contributed by atoms with van der Waals surface area (Å²) in [6, 6.07) is 14.9. The van der Waals surface area contributed by atoms with Crippen LogP contribution in [-0.2, 0) is 31.8 Å². The first-order valence-corrected chi connectivity index (χ1v) is 19.2. The zero-order chi connectivity index (χ0) is 41.2. The Kier molecular flexibility index (Phi) is 13.6. The molecule has 3 heterocycles. The third kappa shape index (κ3) is 10.5. The predicted octanol–water partition coefficient (Wildman–Crippen LogP) is 5.90. The van der Waals surface area contributed by atoms with Gasteiger partial charge >= 0.3 is 18.4 Å². The van der Waals surface area contributed by atoms with E-state index < -0.39 is 65.8 Å². The van der Waals surface area contributed by atoms with Crippen LogP contribution >= 0.6 is 0 Å². The highest BCUT2D eigenvalue weighted by Crippen LogP contribution is 2.32. The molecular formula is C41H45F3N6O8. The summed E-state index contributed by atoms with van der Waals surface area (Å²) in [6.45, 7) is 0.810. The van der Waals surface area contributed by atoms with Crippen molar-refractivity contribution in [1.29, 1.82) is 0 Å². The molecule has 4 atom stereocenters. The largest absolute Gasteiger partial charge is 0.445 e. The molecule has 1 unspecified atom stereocenters. The van der Waals surface area contributed by atoms with Gasteiger partial charge in [0.05, 0.1) is 18.2 Å². The number of hydrogen-bond acceptors (Lipinski definition) is 10. The summed E-state index contributed by atoms with van der Waals surface area (Å²) in [6.07, 6.45) is -3.86. The molecule has 0 aliphatic carbocycles. The number of nitrogens with one attached hydrogen (secondary N) is 2. The quantitative estimate of drug-likeness (QED) is 0.102. The van der Waals surface area contributed by atoms with Crippen LogP contribution < -0.4 is 16.4 Å². The second-order valence-corrected chi connectivity index (χ2v) is 14.3. The lowest BCUT2D eigenvalue weighted by Gasteiger charge is -2.29. The maximum absolute atomic E-state index is 14.6. The molecule has 1 aromatic heterocycles. The number of oxazole rings is 1. The molecule has 6 rings (SSSR count). The lowest BCUT2D eigenvalue weighted by molar-refractivity contribution is -0.140. The summed E-state index contributed by atoms with van der Waals surface area (Å²) in [5, 5.41) is 5.22. The van der Waals surface area contributed by atoms with E-state index in [0.29, 0.717) is 49.1 Å². The SMILES string of the molecule is NCCCC[C@H](NC(=O)[C@@H]1C[C@@H](OC(=O)N2CCCCC2)CN1C(=O)C(NC(=O)OCc1ccccc1)c1ccc(C(F)(F)F)cc1)C(=O)c1nc2ccccc2o1. The molecule has 0 bridgehead atoms. The maximum atomic E-state index is 14.6. The van der Waals surface area contributed by atoms with Crippen LogP contribution in [0, 0.1) is 0 Å². The molecule has 0 saturated carbocycles. The van der Waals surface area contributed by atoms with Crippen molar-refractivity contribution in [2.45, 2.75) is 82.0 Å². The van der Waals surface area contributed by atoms with Crippen molar-refractivity contribution in [3.8, 4) is 0 Å². The number of alkyl halides is 3. The average Bonchev–Trinajstić information content (AvgIpc) is 3.87. The number of carbonyl (C=O) groups is 5. The highest BCUT2D eigenvalue weighted by molar-refractivity contribution is 6.01. The third-order valence-electron chi connectivity index (χ3n) is 10.1. The van der Waals surface area contributed by atoms with Crippen LogP contribution in [0.2, 0.25) is 0 Å². The Balaban J connectivity index is 1.28. The molecule has 2 aliphatic rings. The molecule has 17 heteroatoms. The number of likely N-dealkylation sites (tertiary alicyclic amines) is 2. The van der Waals surface area contributed by atoms with Crippen LogP contribution in [0.4, 0.5) is 22.8 Å². The van der Waals surface area contributed by atoms with E-state index in [0.717, 1.165) is 48.4 Å². The van der Waals surface area contributed by atoms with E-state index in [1.54, 1.807) is 59.5 Å². The van der Waals surface area contributed by atoms with E-state index in [1.807, 2.05) is 0 Å². The van der Waals surface area contributed by atoms with Crippen molar-refractivity contribution in [2.24, 2.45) is 5.73 Å². The van der Waals surface area contributed by atoms with Crippen molar-refractivity contribution < 1.29 is 51.0 Å². The van der Waals surface area contributed by atoms with E-state index in [9.17, 15) is 37.1 Å². The number of unbranched alkanes of at least 4 members (excludes halogenated alkanes) is 1. The van der Waals surface area contributed by atoms with Gasteiger partial charge in [0.15, 0.2) is 5.58 Å². The number of nitrogens with two attached hydrogens (primary N) is 1. The van der Waals surface area contributed by atoms with Gasteiger partial charge in [0, 0.05) is 19.5 Å². The van der Waals surface area contributed by atoms with Gasteiger partial charge in [-0.25, -0.2) is 14.6 Å². The number of rotatable bonds is 14. The predicted molar refractivity (Wildman–Crippen MR) is 203 cm³/mol.